The van der Waals surface area contributed by atoms with E-state index in [-0.39, 0.29) is 11.7 Å². The Morgan fingerprint density at radius 1 is 1.07 bits per heavy atom. The summed E-state index contributed by atoms with van der Waals surface area (Å²) < 4.78 is 2.19. The Balaban J connectivity index is 1.60. The van der Waals surface area contributed by atoms with Gasteiger partial charge in [-0.2, -0.15) is 0 Å². The van der Waals surface area contributed by atoms with Crippen LogP contribution in [0.15, 0.2) is 53.7 Å². The summed E-state index contributed by atoms with van der Waals surface area (Å²) in [7, 11) is 0. The molecule has 2 aromatic carbocycles. The lowest BCUT2D eigenvalue weighted by atomic mass is 10.2. The highest BCUT2D eigenvalue weighted by Crippen LogP contribution is 2.28. The molecule has 0 radical (unpaired) electrons. The van der Waals surface area contributed by atoms with Crippen molar-refractivity contribution in [1.29, 1.82) is 0 Å². The molecule has 0 aliphatic rings. The summed E-state index contributed by atoms with van der Waals surface area (Å²) in [4.78, 5) is 19.5. The van der Waals surface area contributed by atoms with Crippen molar-refractivity contribution in [3.8, 4) is 0 Å². The maximum Gasteiger partial charge on any atom is 0.237 e. The van der Waals surface area contributed by atoms with E-state index in [4.69, 9.17) is 4.98 Å². The smallest absolute Gasteiger partial charge is 0.237 e. The van der Waals surface area contributed by atoms with Gasteiger partial charge in [-0.15, -0.1) is 10.2 Å². The third-order valence-corrected chi connectivity index (χ3v) is 5.97. The van der Waals surface area contributed by atoms with Crippen molar-refractivity contribution in [2.45, 2.75) is 38.9 Å². The van der Waals surface area contributed by atoms with Crippen LogP contribution in [0.2, 0.25) is 0 Å². The van der Waals surface area contributed by atoms with E-state index in [0.29, 0.717) is 11.7 Å². The first-order valence-corrected chi connectivity index (χ1v) is 11.2. The number of hydrogen-bond acceptors (Lipinski definition) is 5. The Labute approximate surface area is 180 Å². The highest BCUT2D eigenvalue weighted by atomic mass is 32.2. The second-order valence-electron chi connectivity index (χ2n) is 7.15. The molecule has 0 spiro atoms. The summed E-state index contributed by atoms with van der Waals surface area (Å²) in [6, 6.07) is 16.1. The van der Waals surface area contributed by atoms with Crippen LogP contribution in [-0.4, -0.2) is 38.0 Å². The molecule has 0 N–H and O–H groups in total. The minimum absolute atomic E-state index is 0.0367. The molecular formula is C23H25N5OS. The monoisotopic (exact) mass is 419 g/mol. The predicted octanol–water partition coefficient (Wildman–Crippen LogP) is 4.84. The van der Waals surface area contributed by atoms with Gasteiger partial charge < -0.3 is 9.47 Å². The summed E-state index contributed by atoms with van der Waals surface area (Å²) in [6.07, 6.45) is 1.00. The van der Waals surface area contributed by atoms with Crippen molar-refractivity contribution < 1.29 is 4.79 Å². The summed E-state index contributed by atoms with van der Waals surface area (Å²) in [5.74, 6) is 0.304. The lowest BCUT2D eigenvalue weighted by molar-refractivity contribution is -0.116. The van der Waals surface area contributed by atoms with Crippen molar-refractivity contribution in [1.82, 2.24) is 19.7 Å². The van der Waals surface area contributed by atoms with E-state index < -0.39 is 0 Å². The number of aromatic nitrogens is 4. The lowest BCUT2D eigenvalue weighted by Gasteiger charge is -2.22. The molecule has 0 aliphatic heterocycles. The van der Waals surface area contributed by atoms with Gasteiger partial charge in [0.15, 0.2) is 5.65 Å². The molecule has 0 bridgehead atoms. The van der Waals surface area contributed by atoms with E-state index in [0.717, 1.165) is 46.3 Å². The molecule has 0 aliphatic carbocycles. The third kappa shape index (κ3) is 3.77. The van der Waals surface area contributed by atoms with Gasteiger partial charge in [-0.3, -0.25) is 4.79 Å². The molecule has 2 aromatic heterocycles. The minimum atomic E-state index is 0.0367. The summed E-state index contributed by atoms with van der Waals surface area (Å²) in [5, 5.41) is 10.3. The largest absolute Gasteiger partial charge is 0.324 e. The first-order chi connectivity index (χ1) is 14.6. The molecule has 154 valence electrons. The molecule has 7 heteroatoms. The maximum absolute atomic E-state index is 12.9. The molecule has 0 fully saturated rings. The number of para-hydroxylation sites is 2. The van der Waals surface area contributed by atoms with E-state index in [9.17, 15) is 4.79 Å². The molecule has 0 atom stereocenters. The maximum atomic E-state index is 12.9. The van der Waals surface area contributed by atoms with Crippen LogP contribution in [0.1, 0.15) is 25.8 Å². The van der Waals surface area contributed by atoms with Crippen LogP contribution < -0.4 is 4.90 Å². The molecule has 4 aromatic rings. The molecule has 4 rings (SSSR count). The highest BCUT2D eigenvalue weighted by molar-refractivity contribution is 7.99. The summed E-state index contributed by atoms with van der Waals surface area (Å²) in [5.41, 5.74) is 4.79. The molecule has 0 saturated carbocycles. The molecule has 2 heterocycles. The lowest BCUT2D eigenvalue weighted by Crippen LogP contribution is -2.32. The van der Waals surface area contributed by atoms with Crippen LogP contribution in [0, 0.1) is 6.92 Å². The van der Waals surface area contributed by atoms with Gasteiger partial charge in [-0.25, -0.2) is 4.98 Å². The average molecular weight is 420 g/mol. The molecule has 1 amide bonds. The number of hydrogen-bond donors (Lipinski definition) is 0. The van der Waals surface area contributed by atoms with Gasteiger partial charge in [-0.05, 0) is 38.0 Å². The Hall–Kier alpha value is -2.93. The van der Waals surface area contributed by atoms with Crippen LogP contribution in [0.3, 0.4) is 0 Å². The number of benzene rings is 2. The quantitative estimate of drug-likeness (QED) is 0.401. The second-order valence-corrected chi connectivity index (χ2v) is 8.09. The van der Waals surface area contributed by atoms with Crippen LogP contribution >= 0.6 is 11.8 Å². The van der Waals surface area contributed by atoms with Gasteiger partial charge in [0.05, 0.1) is 11.3 Å². The molecule has 30 heavy (non-hydrogen) atoms. The zero-order valence-corrected chi connectivity index (χ0v) is 18.3. The van der Waals surface area contributed by atoms with Crippen LogP contribution in [0.4, 0.5) is 5.69 Å². The van der Waals surface area contributed by atoms with Gasteiger partial charge in [0.1, 0.15) is 5.52 Å². The fourth-order valence-electron chi connectivity index (χ4n) is 3.75. The Bertz CT molecular complexity index is 1200. The van der Waals surface area contributed by atoms with E-state index >= 15 is 0 Å². The SMILES string of the molecule is CCCn1c2ccccc2c2nnc(SCC(=O)N(CC)c3ccccc3C)nc21. The van der Waals surface area contributed by atoms with Gasteiger partial charge in [0.2, 0.25) is 11.1 Å². The summed E-state index contributed by atoms with van der Waals surface area (Å²) >= 11 is 1.34. The number of anilines is 1. The fraction of sp³-hybridized carbons (Fsp3) is 0.304. The standard InChI is InChI=1S/C23H25N5OS/c1-4-14-28-19-13-9-7-11-17(19)21-22(28)24-23(26-25-21)30-15-20(29)27(5-2)18-12-8-6-10-16(18)3/h6-13H,4-5,14-15H2,1-3H3. The normalized spacial score (nSPS) is 11.3. The van der Waals surface area contributed by atoms with E-state index in [1.54, 1.807) is 0 Å². The van der Waals surface area contributed by atoms with E-state index in [1.165, 1.54) is 11.8 Å². The molecule has 0 saturated heterocycles. The fourth-order valence-corrected chi connectivity index (χ4v) is 4.41. The van der Waals surface area contributed by atoms with Gasteiger partial charge in [0.25, 0.3) is 0 Å². The van der Waals surface area contributed by atoms with Crippen molar-refractivity contribution in [3.05, 3.63) is 54.1 Å². The number of rotatable bonds is 7. The minimum Gasteiger partial charge on any atom is -0.324 e. The zero-order chi connectivity index (χ0) is 21.1. The van der Waals surface area contributed by atoms with E-state index in [1.807, 2.05) is 55.1 Å². The zero-order valence-electron chi connectivity index (χ0n) is 17.5. The number of thioether (sulfide) groups is 1. The number of carbonyl (C=O) groups is 1. The predicted molar refractivity (Wildman–Crippen MR) is 123 cm³/mol. The third-order valence-electron chi connectivity index (χ3n) is 5.15. The summed E-state index contributed by atoms with van der Waals surface area (Å²) in [6.45, 7) is 7.64. The number of aryl methyl sites for hydroxylation is 2. The Morgan fingerprint density at radius 2 is 1.83 bits per heavy atom. The number of fused-ring (bicyclic) bond motifs is 3. The topological polar surface area (TPSA) is 63.9 Å². The van der Waals surface area contributed by atoms with Gasteiger partial charge in [-0.1, -0.05) is 55.1 Å². The first-order valence-electron chi connectivity index (χ1n) is 10.2. The van der Waals surface area contributed by atoms with Crippen LogP contribution in [0.25, 0.3) is 22.1 Å². The van der Waals surface area contributed by atoms with Gasteiger partial charge >= 0.3 is 0 Å². The van der Waals surface area contributed by atoms with Crippen molar-refractivity contribution in [2.75, 3.05) is 17.2 Å². The molecule has 6 nitrogen and oxygen atoms in total. The van der Waals surface area contributed by atoms with Crippen LogP contribution in [-0.2, 0) is 11.3 Å². The Morgan fingerprint density at radius 3 is 2.60 bits per heavy atom. The molecular weight excluding hydrogens is 394 g/mol. The van der Waals surface area contributed by atoms with Crippen molar-refractivity contribution in [2.24, 2.45) is 0 Å². The first kappa shape index (κ1) is 20.3. The number of carbonyl (C=O) groups excluding carboxylic acids is 1. The number of nitrogens with zero attached hydrogens (tertiary/aromatic N) is 5. The van der Waals surface area contributed by atoms with E-state index in [2.05, 4.69) is 33.8 Å². The van der Waals surface area contributed by atoms with Crippen LogP contribution in [0.5, 0.6) is 0 Å². The number of amides is 1. The molecule has 0 unspecified atom stereocenters. The average Bonchev–Trinajstić information content (AvgIpc) is 3.08. The van der Waals surface area contributed by atoms with Gasteiger partial charge in [0, 0.05) is 24.2 Å². The Kier molecular flexibility index (Phi) is 5.99. The van der Waals surface area contributed by atoms with Crippen molar-refractivity contribution in [3.63, 3.8) is 0 Å². The van der Waals surface area contributed by atoms with Crippen molar-refractivity contribution >= 4 is 45.4 Å². The second kappa shape index (κ2) is 8.83. The highest BCUT2D eigenvalue weighted by Gasteiger charge is 2.18.